The Hall–Kier alpha value is -1.48. The largest absolute Gasteiger partial charge is 0.493 e. The van der Waals surface area contributed by atoms with Gasteiger partial charge < -0.3 is 9.15 Å². The van der Waals surface area contributed by atoms with Crippen molar-refractivity contribution in [3.63, 3.8) is 0 Å². The maximum Gasteiger partial charge on any atom is 0.139 e. The van der Waals surface area contributed by atoms with Crippen LogP contribution in [0.1, 0.15) is 6.42 Å². The number of furan rings is 1. The second-order valence-corrected chi connectivity index (χ2v) is 4.91. The normalized spacial score (nSPS) is 11.2. The van der Waals surface area contributed by atoms with Crippen LogP contribution in [0.25, 0.3) is 21.9 Å². The van der Waals surface area contributed by atoms with Crippen LogP contribution in [0.5, 0.6) is 5.75 Å². The van der Waals surface area contributed by atoms with Gasteiger partial charge in [-0.25, -0.2) is 0 Å². The first-order chi connectivity index (χ1) is 8.90. The summed E-state index contributed by atoms with van der Waals surface area (Å²) in [5, 5.41) is 3.14. The lowest BCUT2D eigenvalue weighted by Gasteiger charge is -2.05. The van der Waals surface area contributed by atoms with Gasteiger partial charge in [0.2, 0.25) is 0 Å². The molecule has 0 fully saturated rings. The Morgan fingerprint density at radius 1 is 1.00 bits per heavy atom. The van der Waals surface area contributed by atoms with Gasteiger partial charge >= 0.3 is 0 Å². The lowest BCUT2D eigenvalue weighted by molar-refractivity contribution is 0.323. The number of rotatable bonds is 4. The van der Waals surface area contributed by atoms with Crippen molar-refractivity contribution in [3.05, 3.63) is 42.5 Å². The summed E-state index contributed by atoms with van der Waals surface area (Å²) in [7, 11) is 0. The van der Waals surface area contributed by atoms with Gasteiger partial charge in [-0.3, -0.25) is 0 Å². The minimum absolute atomic E-state index is 0.712. The van der Waals surface area contributed by atoms with Gasteiger partial charge in [0.05, 0.1) is 12.0 Å². The molecule has 0 radical (unpaired) electrons. The van der Waals surface area contributed by atoms with E-state index in [1.807, 2.05) is 36.4 Å². The number of hydrogen-bond acceptors (Lipinski definition) is 2. The van der Waals surface area contributed by atoms with Crippen molar-refractivity contribution < 1.29 is 9.15 Å². The third kappa shape index (κ3) is 1.99. The Labute approximate surface area is 114 Å². The molecule has 18 heavy (non-hydrogen) atoms. The summed E-state index contributed by atoms with van der Waals surface area (Å²) in [5.41, 5.74) is 1.79. The smallest absolute Gasteiger partial charge is 0.139 e. The Bertz CT molecular complexity index is 672. The molecular weight excluding hydrogens is 292 g/mol. The molecule has 92 valence electrons. The fraction of sp³-hybridized carbons (Fsp3) is 0.200. The molecule has 0 spiro atoms. The average Bonchev–Trinajstić information content (AvgIpc) is 2.78. The quantitative estimate of drug-likeness (QED) is 0.512. The zero-order valence-electron chi connectivity index (χ0n) is 9.86. The Balaban J connectivity index is 2.13. The van der Waals surface area contributed by atoms with Crippen LogP contribution in [-0.2, 0) is 0 Å². The molecule has 3 rings (SSSR count). The second-order valence-electron chi connectivity index (χ2n) is 4.12. The predicted molar refractivity (Wildman–Crippen MR) is 77.6 cm³/mol. The van der Waals surface area contributed by atoms with E-state index in [-0.39, 0.29) is 0 Å². The fourth-order valence-corrected chi connectivity index (χ4v) is 2.33. The molecule has 0 bridgehead atoms. The number of benzene rings is 2. The first kappa shape index (κ1) is 11.6. The second kappa shape index (κ2) is 5.02. The highest BCUT2D eigenvalue weighted by atomic mass is 79.9. The standard InChI is InChI=1S/C15H13BrO2/c16-9-4-10-17-13-7-3-8-14-15(13)11-5-1-2-6-12(11)18-14/h1-3,5-8H,4,9-10H2. The van der Waals surface area contributed by atoms with Gasteiger partial charge in [0.15, 0.2) is 0 Å². The van der Waals surface area contributed by atoms with Crippen molar-refractivity contribution in [2.75, 3.05) is 11.9 Å². The summed E-state index contributed by atoms with van der Waals surface area (Å²) in [4.78, 5) is 0. The van der Waals surface area contributed by atoms with E-state index in [1.165, 1.54) is 0 Å². The van der Waals surface area contributed by atoms with Crippen molar-refractivity contribution >= 4 is 37.9 Å². The molecule has 2 aromatic carbocycles. The van der Waals surface area contributed by atoms with E-state index in [9.17, 15) is 0 Å². The Morgan fingerprint density at radius 2 is 1.83 bits per heavy atom. The van der Waals surface area contributed by atoms with Crippen LogP contribution in [0.3, 0.4) is 0 Å². The van der Waals surface area contributed by atoms with Gasteiger partial charge in [-0.1, -0.05) is 40.2 Å². The third-order valence-corrected chi connectivity index (χ3v) is 3.46. The van der Waals surface area contributed by atoms with Gasteiger partial charge in [0, 0.05) is 10.7 Å². The zero-order chi connectivity index (χ0) is 12.4. The highest BCUT2D eigenvalue weighted by Gasteiger charge is 2.10. The molecule has 0 N–H and O–H groups in total. The molecule has 0 aliphatic rings. The Morgan fingerprint density at radius 3 is 2.72 bits per heavy atom. The maximum absolute atomic E-state index is 5.84. The van der Waals surface area contributed by atoms with Crippen LogP contribution in [0.15, 0.2) is 46.9 Å². The number of halogens is 1. The van der Waals surface area contributed by atoms with Gasteiger partial charge in [-0.2, -0.15) is 0 Å². The lowest BCUT2D eigenvalue weighted by Crippen LogP contribution is -1.97. The third-order valence-electron chi connectivity index (χ3n) is 2.90. The van der Waals surface area contributed by atoms with Crippen LogP contribution in [-0.4, -0.2) is 11.9 Å². The number of fused-ring (bicyclic) bond motifs is 3. The predicted octanol–water partition coefficient (Wildman–Crippen LogP) is 4.75. The van der Waals surface area contributed by atoms with Gasteiger partial charge in [-0.05, 0) is 24.6 Å². The molecular formula is C15H13BrO2. The van der Waals surface area contributed by atoms with Crippen molar-refractivity contribution in [1.29, 1.82) is 0 Å². The monoisotopic (exact) mass is 304 g/mol. The van der Waals surface area contributed by atoms with Gasteiger partial charge in [0.1, 0.15) is 16.9 Å². The number of alkyl halides is 1. The summed E-state index contributed by atoms with van der Waals surface area (Å²) < 4.78 is 11.6. The van der Waals surface area contributed by atoms with Crippen molar-refractivity contribution in [1.82, 2.24) is 0 Å². The topological polar surface area (TPSA) is 22.4 Å². The highest BCUT2D eigenvalue weighted by Crippen LogP contribution is 2.35. The van der Waals surface area contributed by atoms with Gasteiger partial charge in [-0.15, -0.1) is 0 Å². The summed E-state index contributed by atoms with van der Waals surface area (Å²) in [5.74, 6) is 0.901. The van der Waals surface area contributed by atoms with E-state index in [4.69, 9.17) is 9.15 Å². The van der Waals surface area contributed by atoms with Crippen LogP contribution in [0, 0.1) is 0 Å². The first-order valence-corrected chi connectivity index (χ1v) is 7.11. The SMILES string of the molecule is BrCCCOc1cccc2oc3ccccc3c12. The summed E-state index contributed by atoms with van der Waals surface area (Å²) in [6.45, 7) is 0.712. The lowest BCUT2D eigenvalue weighted by atomic mass is 10.1. The number of para-hydroxylation sites is 1. The van der Waals surface area contributed by atoms with Crippen molar-refractivity contribution in [2.45, 2.75) is 6.42 Å². The van der Waals surface area contributed by atoms with E-state index in [2.05, 4.69) is 22.0 Å². The van der Waals surface area contributed by atoms with E-state index in [1.54, 1.807) is 0 Å². The fourth-order valence-electron chi connectivity index (χ4n) is 2.10. The molecule has 0 aliphatic heterocycles. The number of ether oxygens (including phenoxy) is 1. The summed E-state index contributed by atoms with van der Waals surface area (Å²) in [6.07, 6.45) is 0.992. The van der Waals surface area contributed by atoms with Crippen LogP contribution in [0.2, 0.25) is 0 Å². The molecule has 0 amide bonds. The number of hydrogen-bond donors (Lipinski definition) is 0. The van der Waals surface area contributed by atoms with Crippen LogP contribution < -0.4 is 4.74 Å². The molecule has 3 heteroatoms. The molecule has 0 aliphatic carbocycles. The van der Waals surface area contributed by atoms with E-state index in [0.29, 0.717) is 6.61 Å². The van der Waals surface area contributed by atoms with Crippen molar-refractivity contribution in [3.8, 4) is 5.75 Å². The molecule has 1 aromatic heterocycles. The minimum atomic E-state index is 0.712. The van der Waals surface area contributed by atoms with E-state index >= 15 is 0 Å². The Kier molecular flexibility index (Phi) is 3.24. The molecule has 0 saturated carbocycles. The van der Waals surface area contributed by atoms with E-state index in [0.717, 1.165) is 39.4 Å². The average molecular weight is 305 g/mol. The van der Waals surface area contributed by atoms with Crippen LogP contribution >= 0.6 is 15.9 Å². The van der Waals surface area contributed by atoms with E-state index < -0.39 is 0 Å². The maximum atomic E-state index is 5.84. The first-order valence-electron chi connectivity index (χ1n) is 5.99. The molecule has 3 aromatic rings. The van der Waals surface area contributed by atoms with Crippen molar-refractivity contribution in [2.24, 2.45) is 0 Å². The summed E-state index contributed by atoms with van der Waals surface area (Å²) in [6, 6.07) is 14.0. The molecule has 1 heterocycles. The molecule has 2 nitrogen and oxygen atoms in total. The highest BCUT2D eigenvalue weighted by molar-refractivity contribution is 9.09. The van der Waals surface area contributed by atoms with Gasteiger partial charge in [0.25, 0.3) is 0 Å². The molecule has 0 unspecified atom stereocenters. The minimum Gasteiger partial charge on any atom is -0.493 e. The molecule has 0 saturated heterocycles. The zero-order valence-corrected chi connectivity index (χ0v) is 11.4. The van der Waals surface area contributed by atoms with Crippen LogP contribution in [0.4, 0.5) is 0 Å². The molecule has 0 atom stereocenters. The summed E-state index contributed by atoms with van der Waals surface area (Å²) >= 11 is 3.41.